The maximum Gasteiger partial charge on any atom is 0.418 e. The van der Waals surface area contributed by atoms with Crippen LogP contribution in [0, 0.1) is 13.8 Å². The first kappa shape index (κ1) is 22.0. The SMILES string of the molecule is Cc1ccc(C)c(NC(=O)CN(C)C(=O)c2cn(-c3ccccc3C(F)(F)F)nn2)c1. The normalized spacial score (nSPS) is 11.3. The first-order valence-electron chi connectivity index (χ1n) is 9.28. The fraction of sp³-hybridized carbons (Fsp3) is 0.238. The molecule has 2 aromatic carbocycles. The van der Waals surface area contributed by atoms with Gasteiger partial charge in [0.25, 0.3) is 5.91 Å². The predicted molar refractivity (Wildman–Crippen MR) is 108 cm³/mol. The Morgan fingerprint density at radius 2 is 1.84 bits per heavy atom. The summed E-state index contributed by atoms with van der Waals surface area (Å²) in [4.78, 5) is 26.0. The van der Waals surface area contributed by atoms with E-state index in [4.69, 9.17) is 0 Å². The molecular formula is C21H20F3N5O2. The number of benzene rings is 2. The Kier molecular flexibility index (Phi) is 6.09. The topological polar surface area (TPSA) is 80.1 Å². The van der Waals surface area contributed by atoms with Gasteiger partial charge < -0.3 is 10.2 Å². The van der Waals surface area contributed by atoms with Crippen molar-refractivity contribution in [3.8, 4) is 5.69 Å². The summed E-state index contributed by atoms with van der Waals surface area (Å²) in [5.41, 5.74) is 1.15. The quantitative estimate of drug-likeness (QED) is 0.669. The van der Waals surface area contributed by atoms with E-state index in [-0.39, 0.29) is 17.9 Å². The third-order valence-electron chi connectivity index (χ3n) is 4.56. The number of aromatic nitrogens is 3. The molecule has 162 valence electrons. The Morgan fingerprint density at radius 1 is 1.13 bits per heavy atom. The van der Waals surface area contributed by atoms with Gasteiger partial charge in [-0.1, -0.05) is 29.5 Å². The van der Waals surface area contributed by atoms with Crippen LogP contribution in [0.25, 0.3) is 5.69 Å². The van der Waals surface area contributed by atoms with Crippen molar-refractivity contribution in [2.24, 2.45) is 0 Å². The number of carbonyl (C=O) groups excluding carboxylic acids is 2. The molecule has 31 heavy (non-hydrogen) atoms. The molecule has 0 saturated carbocycles. The molecule has 0 aliphatic rings. The maximum atomic E-state index is 13.2. The molecule has 10 heteroatoms. The summed E-state index contributed by atoms with van der Waals surface area (Å²) in [5.74, 6) is -1.06. The lowest BCUT2D eigenvalue weighted by molar-refractivity contribution is -0.137. The fourth-order valence-corrected chi connectivity index (χ4v) is 2.94. The number of alkyl halides is 3. The van der Waals surface area contributed by atoms with E-state index in [1.807, 2.05) is 32.0 Å². The molecule has 1 N–H and O–H groups in total. The molecule has 0 aliphatic heterocycles. The summed E-state index contributed by atoms with van der Waals surface area (Å²) in [7, 11) is 1.40. The Labute approximate surface area is 176 Å². The van der Waals surface area contributed by atoms with Gasteiger partial charge in [-0.15, -0.1) is 5.10 Å². The minimum atomic E-state index is -4.59. The number of nitrogens with one attached hydrogen (secondary N) is 1. The monoisotopic (exact) mass is 431 g/mol. The second-order valence-electron chi connectivity index (χ2n) is 7.09. The highest BCUT2D eigenvalue weighted by atomic mass is 19.4. The number of nitrogens with zero attached hydrogens (tertiary/aromatic N) is 4. The molecule has 0 aliphatic carbocycles. The number of amides is 2. The van der Waals surface area contributed by atoms with Gasteiger partial charge in [0.1, 0.15) is 0 Å². The molecule has 3 aromatic rings. The zero-order valence-electron chi connectivity index (χ0n) is 17.1. The van der Waals surface area contributed by atoms with Crippen LogP contribution in [0.2, 0.25) is 0 Å². The highest BCUT2D eigenvalue weighted by Crippen LogP contribution is 2.33. The van der Waals surface area contributed by atoms with Gasteiger partial charge in [-0.3, -0.25) is 9.59 Å². The largest absolute Gasteiger partial charge is 0.418 e. The van der Waals surface area contributed by atoms with E-state index >= 15 is 0 Å². The zero-order valence-corrected chi connectivity index (χ0v) is 17.1. The van der Waals surface area contributed by atoms with Gasteiger partial charge in [0.05, 0.1) is 24.0 Å². The molecule has 7 nitrogen and oxygen atoms in total. The number of carbonyl (C=O) groups is 2. The number of hydrogen-bond donors (Lipinski definition) is 1. The number of anilines is 1. The standard InChI is InChI=1S/C21H20F3N5O2/c1-13-8-9-14(2)16(10-13)25-19(30)12-28(3)20(31)17-11-29(27-26-17)18-7-5-4-6-15(18)21(22,23)24/h4-11H,12H2,1-3H3,(H,25,30). The van der Waals surface area contributed by atoms with E-state index in [1.165, 1.54) is 25.2 Å². The fourth-order valence-electron chi connectivity index (χ4n) is 2.94. The molecule has 2 amide bonds. The average Bonchev–Trinajstić information content (AvgIpc) is 3.19. The van der Waals surface area contributed by atoms with Crippen LogP contribution in [0.1, 0.15) is 27.2 Å². The van der Waals surface area contributed by atoms with E-state index in [2.05, 4.69) is 15.6 Å². The first-order chi connectivity index (χ1) is 14.6. The molecule has 0 radical (unpaired) electrons. The van der Waals surface area contributed by atoms with Gasteiger partial charge in [0.2, 0.25) is 5.91 Å². The number of likely N-dealkylation sites (N-methyl/N-ethyl adjacent to an activating group) is 1. The molecular weight excluding hydrogens is 411 g/mol. The Morgan fingerprint density at radius 3 is 2.55 bits per heavy atom. The van der Waals surface area contributed by atoms with Crippen molar-refractivity contribution in [3.05, 3.63) is 71.0 Å². The first-order valence-corrected chi connectivity index (χ1v) is 9.28. The van der Waals surface area contributed by atoms with E-state index in [0.29, 0.717) is 5.69 Å². The van der Waals surface area contributed by atoms with Crippen molar-refractivity contribution in [1.29, 1.82) is 0 Å². The van der Waals surface area contributed by atoms with Gasteiger partial charge in [-0.2, -0.15) is 13.2 Å². The molecule has 0 fully saturated rings. The summed E-state index contributed by atoms with van der Waals surface area (Å²) in [6.07, 6.45) is -3.48. The van der Waals surface area contributed by atoms with Crippen LogP contribution in [0.4, 0.5) is 18.9 Å². The molecule has 0 spiro atoms. The van der Waals surface area contributed by atoms with Gasteiger partial charge in [0.15, 0.2) is 5.69 Å². The lowest BCUT2D eigenvalue weighted by Gasteiger charge is -2.16. The van der Waals surface area contributed by atoms with Crippen molar-refractivity contribution in [1.82, 2.24) is 19.9 Å². The van der Waals surface area contributed by atoms with Gasteiger partial charge >= 0.3 is 6.18 Å². The molecule has 0 unspecified atom stereocenters. The van der Waals surface area contributed by atoms with E-state index in [1.54, 1.807) is 0 Å². The summed E-state index contributed by atoms with van der Waals surface area (Å²) in [5, 5.41) is 10.1. The van der Waals surface area contributed by atoms with Gasteiger partial charge in [0, 0.05) is 12.7 Å². The second-order valence-corrected chi connectivity index (χ2v) is 7.09. The van der Waals surface area contributed by atoms with Crippen LogP contribution >= 0.6 is 0 Å². The molecule has 0 atom stereocenters. The molecule has 1 heterocycles. The van der Waals surface area contributed by atoms with Gasteiger partial charge in [-0.05, 0) is 43.2 Å². The van der Waals surface area contributed by atoms with Crippen LogP contribution in [0.3, 0.4) is 0 Å². The van der Waals surface area contributed by atoms with Gasteiger partial charge in [-0.25, -0.2) is 4.68 Å². The molecule has 0 saturated heterocycles. The molecule has 0 bridgehead atoms. The summed E-state index contributed by atoms with van der Waals surface area (Å²) < 4.78 is 40.6. The summed E-state index contributed by atoms with van der Waals surface area (Å²) in [6, 6.07) is 10.4. The van der Waals surface area contributed by atoms with E-state index in [9.17, 15) is 22.8 Å². The van der Waals surface area contributed by atoms with Crippen molar-refractivity contribution in [2.45, 2.75) is 20.0 Å². The van der Waals surface area contributed by atoms with E-state index < -0.39 is 23.6 Å². The van der Waals surface area contributed by atoms with Crippen LogP contribution in [0.15, 0.2) is 48.7 Å². The number of halogens is 3. The highest BCUT2D eigenvalue weighted by molar-refractivity contribution is 5.98. The Balaban J connectivity index is 1.72. The smallest absolute Gasteiger partial charge is 0.331 e. The Hall–Kier alpha value is -3.69. The van der Waals surface area contributed by atoms with Crippen molar-refractivity contribution in [2.75, 3.05) is 18.9 Å². The van der Waals surface area contributed by atoms with Crippen LogP contribution in [-0.4, -0.2) is 45.3 Å². The van der Waals surface area contributed by atoms with E-state index in [0.717, 1.165) is 33.0 Å². The molecule has 3 rings (SSSR count). The second kappa shape index (κ2) is 8.58. The lowest BCUT2D eigenvalue weighted by Crippen LogP contribution is -2.35. The minimum Gasteiger partial charge on any atom is -0.331 e. The lowest BCUT2D eigenvalue weighted by atomic mass is 10.1. The third kappa shape index (κ3) is 5.08. The minimum absolute atomic E-state index is 0.181. The number of rotatable bonds is 5. The maximum absolute atomic E-state index is 13.2. The third-order valence-corrected chi connectivity index (χ3v) is 4.56. The van der Waals surface area contributed by atoms with Crippen LogP contribution < -0.4 is 5.32 Å². The number of hydrogen-bond acceptors (Lipinski definition) is 4. The average molecular weight is 431 g/mol. The molecule has 1 aromatic heterocycles. The van der Waals surface area contributed by atoms with Crippen molar-refractivity contribution < 1.29 is 22.8 Å². The highest BCUT2D eigenvalue weighted by Gasteiger charge is 2.34. The predicted octanol–water partition coefficient (Wildman–Crippen LogP) is 3.61. The van der Waals surface area contributed by atoms with Crippen molar-refractivity contribution in [3.63, 3.8) is 0 Å². The Bertz CT molecular complexity index is 1120. The van der Waals surface area contributed by atoms with Crippen LogP contribution in [0.5, 0.6) is 0 Å². The number of para-hydroxylation sites is 1. The summed E-state index contributed by atoms with van der Waals surface area (Å²) >= 11 is 0. The van der Waals surface area contributed by atoms with Crippen molar-refractivity contribution >= 4 is 17.5 Å². The zero-order chi connectivity index (χ0) is 22.8. The number of aryl methyl sites for hydroxylation is 2. The van der Waals surface area contributed by atoms with Crippen LogP contribution in [-0.2, 0) is 11.0 Å². The summed E-state index contributed by atoms with van der Waals surface area (Å²) in [6.45, 7) is 3.48.